The molecule has 8 heteroatoms. The van der Waals surface area contributed by atoms with Crippen molar-refractivity contribution in [3.8, 4) is 34.3 Å². The van der Waals surface area contributed by atoms with E-state index in [1.54, 1.807) is 13.2 Å². The molecule has 1 aromatic heterocycles. The van der Waals surface area contributed by atoms with Crippen LogP contribution in [0.4, 0.5) is 0 Å². The molecule has 35 heavy (non-hydrogen) atoms. The summed E-state index contributed by atoms with van der Waals surface area (Å²) < 4.78 is 13.5. The molecule has 1 atom stereocenters. The van der Waals surface area contributed by atoms with E-state index in [0.717, 1.165) is 36.3 Å². The molecule has 1 saturated carbocycles. The van der Waals surface area contributed by atoms with Gasteiger partial charge in [0.25, 0.3) is 0 Å². The van der Waals surface area contributed by atoms with Crippen LogP contribution in [-0.4, -0.2) is 32.9 Å². The topological polar surface area (TPSA) is 66.2 Å². The quantitative estimate of drug-likeness (QED) is 0.269. The monoisotopic (exact) mass is 505 g/mol. The maximum atomic E-state index is 12.6. The first-order chi connectivity index (χ1) is 17.1. The van der Waals surface area contributed by atoms with Gasteiger partial charge in [0.2, 0.25) is 0 Å². The van der Waals surface area contributed by atoms with Gasteiger partial charge in [0.1, 0.15) is 23.0 Å². The van der Waals surface area contributed by atoms with E-state index in [4.69, 9.17) is 21.1 Å². The SMILES string of the molecule is COc1ccc(Cl)cc1-c1nnc(SC2CCCCC2=O)n1-c1ccc(Oc2ccccc2)cc1. The average Bonchev–Trinajstić information content (AvgIpc) is 3.30. The van der Waals surface area contributed by atoms with Crippen LogP contribution in [0, 0.1) is 0 Å². The molecule has 0 spiro atoms. The van der Waals surface area contributed by atoms with Crippen LogP contribution in [0.5, 0.6) is 17.2 Å². The standard InChI is InChI=1S/C27H24ClN3O3S/c1-33-24-16-11-18(28)17-22(24)26-29-30-27(35-25-10-6-5-9-23(25)32)31(26)19-12-14-21(15-13-19)34-20-7-3-2-4-8-20/h2-4,7-8,11-17,25H,5-6,9-10H2,1H3. The summed E-state index contributed by atoms with van der Waals surface area (Å²) in [6.07, 6.45) is 3.46. The van der Waals surface area contributed by atoms with Crippen LogP contribution in [0.15, 0.2) is 78.0 Å². The fraction of sp³-hybridized carbons (Fsp3) is 0.222. The Balaban J connectivity index is 1.55. The van der Waals surface area contributed by atoms with Gasteiger partial charge in [0.05, 0.1) is 23.6 Å². The van der Waals surface area contributed by atoms with Gasteiger partial charge in [-0.25, -0.2) is 0 Å². The van der Waals surface area contributed by atoms with E-state index in [-0.39, 0.29) is 11.0 Å². The second-order valence-corrected chi connectivity index (χ2v) is 9.82. The van der Waals surface area contributed by atoms with Crippen molar-refractivity contribution >= 4 is 29.1 Å². The van der Waals surface area contributed by atoms with E-state index < -0.39 is 0 Å². The van der Waals surface area contributed by atoms with E-state index in [1.165, 1.54) is 11.8 Å². The Morgan fingerprint density at radius 2 is 1.74 bits per heavy atom. The van der Waals surface area contributed by atoms with E-state index in [9.17, 15) is 4.79 Å². The minimum Gasteiger partial charge on any atom is -0.496 e. The second-order valence-electron chi connectivity index (χ2n) is 8.21. The lowest BCUT2D eigenvalue weighted by Gasteiger charge is -2.20. The molecule has 1 unspecified atom stereocenters. The van der Waals surface area contributed by atoms with Crippen LogP contribution in [0.2, 0.25) is 5.02 Å². The molecule has 1 fully saturated rings. The molecule has 4 aromatic rings. The number of para-hydroxylation sites is 1. The minimum atomic E-state index is -0.124. The minimum absolute atomic E-state index is 0.124. The summed E-state index contributed by atoms with van der Waals surface area (Å²) in [5.41, 5.74) is 1.57. The normalized spacial score (nSPS) is 15.7. The predicted molar refractivity (Wildman–Crippen MR) is 138 cm³/mol. The Labute approximate surface area is 213 Å². The molecular weight excluding hydrogens is 482 g/mol. The van der Waals surface area contributed by atoms with Gasteiger partial charge in [-0.15, -0.1) is 10.2 Å². The molecule has 3 aromatic carbocycles. The fourth-order valence-electron chi connectivity index (χ4n) is 4.10. The molecule has 1 aliphatic carbocycles. The molecule has 0 bridgehead atoms. The van der Waals surface area contributed by atoms with Crippen LogP contribution < -0.4 is 9.47 Å². The summed E-state index contributed by atoms with van der Waals surface area (Å²) >= 11 is 7.79. The highest BCUT2D eigenvalue weighted by atomic mass is 35.5. The first-order valence-electron chi connectivity index (χ1n) is 11.4. The Hall–Kier alpha value is -3.29. The van der Waals surface area contributed by atoms with Crippen molar-refractivity contribution in [2.24, 2.45) is 0 Å². The molecule has 5 rings (SSSR count). The highest BCUT2D eigenvalue weighted by molar-refractivity contribution is 8.00. The lowest BCUT2D eigenvalue weighted by molar-refractivity contribution is -0.119. The number of thioether (sulfide) groups is 1. The third-order valence-electron chi connectivity index (χ3n) is 5.86. The first-order valence-corrected chi connectivity index (χ1v) is 12.7. The summed E-state index contributed by atoms with van der Waals surface area (Å²) in [4.78, 5) is 12.6. The van der Waals surface area contributed by atoms with Gasteiger partial charge >= 0.3 is 0 Å². The molecule has 0 N–H and O–H groups in total. The predicted octanol–water partition coefficient (Wildman–Crippen LogP) is 6.99. The van der Waals surface area contributed by atoms with Crippen LogP contribution in [0.1, 0.15) is 25.7 Å². The molecule has 0 saturated heterocycles. The third-order valence-corrected chi connectivity index (χ3v) is 7.35. The number of hydrogen-bond acceptors (Lipinski definition) is 6. The summed E-state index contributed by atoms with van der Waals surface area (Å²) in [6.45, 7) is 0. The number of nitrogens with zero attached hydrogens (tertiary/aromatic N) is 3. The number of rotatable bonds is 7. The summed E-state index contributed by atoms with van der Waals surface area (Å²) in [5.74, 6) is 2.97. The number of ketones is 1. The average molecular weight is 506 g/mol. The van der Waals surface area contributed by atoms with Crippen molar-refractivity contribution in [3.05, 3.63) is 77.8 Å². The zero-order valence-corrected chi connectivity index (χ0v) is 20.8. The van der Waals surface area contributed by atoms with E-state index in [2.05, 4.69) is 10.2 Å². The molecule has 1 aliphatic rings. The van der Waals surface area contributed by atoms with Gasteiger partial charge in [-0.05, 0) is 67.4 Å². The number of Topliss-reactive ketones (excluding diaryl/α,β-unsaturated/α-hetero) is 1. The number of benzene rings is 3. The van der Waals surface area contributed by atoms with Crippen LogP contribution >= 0.6 is 23.4 Å². The van der Waals surface area contributed by atoms with Crippen molar-refractivity contribution in [1.29, 1.82) is 0 Å². The van der Waals surface area contributed by atoms with Crippen LogP contribution in [-0.2, 0) is 4.79 Å². The van der Waals surface area contributed by atoms with E-state index >= 15 is 0 Å². The summed E-state index contributed by atoms with van der Waals surface area (Å²) in [6, 6.07) is 22.7. The highest BCUT2D eigenvalue weighted by Crippen LogP contribution is 2.38. The largest absolute Gasteiger partial charge is 0.496 e. The van der Waals surface area contributed by atoms with Gasteiger partial charge in [0.15, 0.2) is 11.0 Å². The van der Waals surface area contributed by atoms with Gasteiger partial charge in [-0.1, -0.05) is 48.0 Å². The molecular formula is C27H24ClN3O3S. The highest BCUT2D eigenvalue weighted by Gasteiger charge is 2.27. The van der Waals surface area contributed by atoms with Crippen molar-refractivity contribution in [1.82, 2.24) is 14.8 Å². The Morgan fingerprint density at radius 3 is 2.49 bits per heavy atom. The smallest absolute Gasteiger partial charge is 0.196 e. The van der Waals surface area contributed by atoms with Gasteiger partial charge in [-0.3, -0.25) is 9.36 Å². The van der Waals surface area contributed by atoms with Crippen molar-refractivity contribution in [2.75, 3.05) is 7.11 Å². The summed E-state index contributed by atoms with van der Waals surface area (Å²) in [5, 5.41) is 10.1. The van der Waals surface area contributed by atoms with Crippen molar-refractivity contribution in [2.45, 2.75) is 36.1 Å². The number of hydrogen-bond donors (Lipinski definition) is 0. The number of halogens is 1. The molecule has 178 valence electrons. The number of methoxy groups -OCH3 is 1. The molecule has 0 aliphatic heterocycles. The maximum absolute atomic E-state index is 12.6. The lowest BCUT2D eigenvalue weighted by Crippen LogP contribution is -2.21. The maximum Gasteiger partial charge on any atom is 0.196 e. The number of carbonyl (C=O) groups is 1. The second kappa shape index (κ2) is 10.5. The first kappa shape index (κ1) is 23.5. The lowest BCUT2D eigenvalue weighted by atomic mass is 9.99. The number of aromatic nitrogens is 3. The molecule has 0 amide bonds. The number of carbonyl (C=O) groups excluding carboxylic acids is 1. The van der Waals surface area contributed by atoms with Crippen molar-refractivity contribution in [3.63, 3.8) is 0 Å². The van der Waals surface area contributed by atoms with Crippen LogP contribution in [0.25, 0.3) is 17.1 Å². The molecule has 0 radical (unpaired) electrons. The Morgan fingerprint density at radius 1 is 0.971 bits per heavy atom. The van der Waals surface area contributed by atoms with Gasteiger partial charge < -0.3 is 9.47 Å². The fourth-order valence-corrected chi connectivity index (χ4v) is 5.44. The zero-order valence-electron chi connectivity index (χ0n) is 19.2. The third kappa shape index (κ3) is 5.21. The van der Waals surface area contributed by atoms with Gasteiger partial charge in [-0.2, -0.15) is 0 Å². The molecule has 6 nitrogen and oxygen atoms in total. The Bertz CT molecular complexity index is 1330. The number of ether oxygens (including phenoxy) is 2. The van der Waals surface area contributed by atoms with E-state index in [0.29, 0.717) is 33.9 Å². The molecule has 1 heterocycles. The Kier molecular flexibility index (Phi) is 7.06. The summed E-state index contributed by atoms with van der Waals surface area (Å²) in [7, 11) is 1.61. The van der Waals surface area contributed by atoms with Crippen molar-refractivity contribution < 1.29 is 14.3 Å². The van der Waals surface area contributed by atoms with E-state index in [1.807, 2.05) is 71.3 Å². The van der Waals surface area contributed by atoms with Crippen LogP contribution in [0.3, 0.4) is 0 Å². The zero-order chi connectivity index (χ0) is 24.2. The van der Waals surface area contributed by atoms with Gasteiger partial charge in [0, 0.05) is 11.4 Å².